The van der Waals surface area contributed by atoms with Crippen LogP contribution in [0.25, 0.3) is 45.3 Å². The summed E-state index contributed by atoms with van der Waals surface area (Å²) in [5.41, 5.74) is 12.9. The van der Waals surface area contributed by atoms with Crippen LogP contribution in [0, 0.1) is 0 Å². The van der Waals surface area contributed by atoms with E-state index in [1.54, 1.807) is 0 Å². The molecule has 0 saturated heterocycles. The first-order valence-electron chi connectivity index (χ1n) is 14.9. The average Bonchev–Trinajstić information content (AvgIpc) is 3.58. The molecule has 1 aliphatic carbocycles. The number of para-hydroxylation sites is 4. The fourth-order valence-electron chi connectivity index (χ4n) is 7.97. The lowest BCUT2D eigenvalue weighted by atomic mass is 9.35. The number of hydrogen-bond acceptors (Lipinski definition) is 1. The van der Waals surface area contributed by atoms with Gasteiger partial charge in [-0.2, -0.15) is 0 Å². The molecule has 42 heavy (non-hydrogen) atoms. The van der Waals surface area contributed by atoms with E-state index in [2.05, 4.69) is 148 Å². The molecule has 196 valence electrons. The van der Waals surface area contributed by atoms with Gasteiger partial charge >= 0.3 is 0 Å². The lowest BCUT2D eigenvalue weighted by molar-refractivity contribution is 1.03. The number of fused-ring (bicyclic) bond motifs is 10. The van der Waals surface area contributed by atoms with Gasteiger partial charge in [0.1, 0.15) is 0 Å². The monoisotopic (exact) mass is 535 g/mol. The van der Waals surface area contributed by atoms with Crippen LogP contribution in [0.1, 0.15) is 12.8 Å². The summed E-state index contributed by atoms with van der Waals surface area (Å²) in [7, 11) is 0. The van der Waals surface area contributed by atoms with E-state index in [1.165, 1.54) is 77.3 Å². The Morgan fingerprint density at radius 2 is 1.26 bits per heavy atom. The summed E-state index contributed by atoms with van der Waals surface area (Å²) < 4.78 is 5.15. The second kappa shape index (κ2) is 8.17. The Hall–Kier alpha value is -5.22. The molecule has 3 aliphatic rings. The summed E-state index contributed by atoms with van der Waals surface area (Å²) in [6, 6.07) is 44.5. The number of anilines is 3. The molecule has 0 bridgehead atoms. The highest BCUT2D eigenvalue weighted by Crippen LogP contribution is 2.40. The highest BCUT2D eigenvalue weighted by Gasteiger charge is 2.44. The molecule has 0 saturated carbocycles. The fourth-order valence-corrected chi connectivity index (χ4v) is 7.97. The van der Waals surface area contributed by atoms with E-state index >= 15 is 0 Å². The second-order valence-electron chi connectivity index (χ2n) is 11.6. The number of rotatable bonds is 2. The quantitative estimate of drug-likeness (QED) is 0.265. The van der Waals surface area contributed by atoms with E-state index in [1.807, 2.05) is 0 Å². The number of benzene rings is 5. The van der Waals surface area contributed by atoms with Gasteiger partial charge in [-0.05, 0) is 66.2 Å². The van der Waals surface area contributed by atoms with Gasteiger partial charge in [-0.25, -0.2) is 0 Å². The predicted molar refractivity (Wildman–Crippen MR) is 177 cm³/mol. The minimum Gasteiger partial charge on any atom is -0.319 e. The van der Waals surface area contributed by atoms with E-state index in [9.17, 15) is 0 Å². The molecule has 0 unspecified atom stereocenters. The van der Waals surface area contributed by atoms with Gasteiger partial charge in [0, 0.05) is 49.7 Å². The van der Waals surface area contributed by atoms with Gasteiger partial charge in [-0.1, -0.05) is 91.0 Å². The SMILES string of the molecule is C1=c2c(n3c4c5c(ccc24)N(c2ccccc2)c2ccccc2B5c2c-3c3ccccc3n2-c2ccccc2)=CCC1. The van der Waals surface area contributed by atoms with E-state index < -0.39 is 0 Å². The lowest BCUT2D eigenvalue weighted by Crippen LogP contribution is -2.62. The van der Waals surface area contributed by atoms with Crippen molar-refractivity contribution in [2.24, 2.45) is 0 Å². The topological polar surface area (TPSA) is 13.1 Å². The molecule has 0 amide bonds. The molecule has 4 heteroatoms. The molecule has 0 atom stereocenters. The molecule has 0 fully saturated rings. The smallest absolute Gasteiger partial charge is 0.273 e. The molecular weight excluding hydrogens is 509 g/mol. The van der Waals surface area contributed by atoms with Crippen LogP contribution in [0.4, 0.5) is 17.1 Å². The van der Waals surface area contributed by atoms with Crippen molar-refractivity contribution in [1.82, 2.24) is 9.13 Å². The maximum absolute atomic E-state index is 2.61. The van der Waals surface area contributed by atoms with Crippen molar-refractivity contribution in [3.8, 4) is 11.4 Å². The summed E-state index contributed by atoms with van der Waals surface area (Å²) in [4.78, 5) is 2.48. The van der Waals surface area contributed by atoms with Gasteiger partial charge in [0.05, 0.1) is 16.7 Å². The molecule has 5 aromatic carbocycles. The van der Waals surface area contributed by atoms with Crippen LogP contribution in [-0.4, -0.2) is 15.8 Å². The molecule has 3 nitrogen and oxygen atoms in total. The zero-order valence-corrected chi connectivity index (χ0v) is 23.0. The third kappa shape index (κ3) is 2.72. The van der Waals surface area contributed by atoms with Gasteiger partial charge in [0.2, 0.25) is 0 Å². The Balaban J connectivity index is 1.47. The third-order valence-electron chi connectivity index (χ3n) is 9.51. The Morgan fingerprint density at radius 1 is 0.548 bits per heavy atom. The van der Waals surface area contributed by atoms with Gasteiger partial charge in [-0.15, -0.1) is 0 Å². The van der Waals surface area contributed by atoms with Crippen molar-refractivity contribution in [2.75, 3.05) is 4.90 Å². The van der Waals surface area contributed by atoms with Crippen LogP contribution in [-0.2, 0) is 0 Å². The molecule has 10 rings (SSSR count). The number of hydrogen-bond donors (Lipinski definition) is 0. The minimum atomic E-state index is 0.0892. The second-order valence-corrected chi connectivity index (χ2v) is 11.6. The molecule has 4 heterocycles. The molecule has 2 aliphatic heterocycles. The van der Waals surface area contributed by atoms with E-state index in [-0.39, 0.29) is 6.71 Å². The van der Waals surface area contributed by atoms with Crippen LogP contribution in [0.5, 0.6) is 0 Å². The zero-order valence-electron chi connectivity index (χ0n) is 23.0. The van der Waals surface area contributed by atoms with Gasteiger partial charge in [-0.3, -0.25) is 0 Å². The summed E-state index contributed by atoms with van der Waals surface area (Å²) >= 11 is 0. The maximum atomic E-state index is 2.61. The Labute approximate surface area is 244 Å². The highest BCUT2D eigenvalue weighted by atomic mass is 15.2. The summed E-state index contributed by atoms with van der Waals surface area (Å²) in [6.07, 6.45) is 7.08. The summed E-state index contributed by atoms with van der Waals surface area (Å²) in [6.45, 7) is 0.0892. The maximum Gasteiger partial charge on any atom is 0.273 e. The standard InChI is InChI=1S/C38H26BN3/c1-3-13-25(14-4-1)40-33-22-12-9-19-30(33)39-35-34(40)24-23-28-27-17-7-10-20-31(27)42(36(28)35)37-29-18-8-11-21-32(29)41(38(37)39)26-15-5-2-6-16-26/h1-6,8-9,11-24H,7,10H2. The number of aromatic nitrogens is 2. The normalized spacial score (nSPS) is 14.3. The third-order valence-corrected chi connectivity index (χ3v) is 9.51. The first-order valence-corrected chi connectivity index (χ1v) is 14.9. The van der Waals surface area contributed by atoms with Crippen LogP contribution >= 0.6 is 0 Å². The Morgan fingerprint density at radius 3 is 2.12 bits per heavy atom. The van der Waals surface area contributed by atoms with Crippen molar-refractivity contribution in [3.63, 3.8) is 0 Å². The Bertz CT molecular complexity index is 2360. The highest BCUT2D eigenvalue weighted by molar-refractivity contribution is 7.00. The fraction of sp³-hybridized carbons (Fsp3) is 0.0526. The number of nitrogens with zero attached hydrogens (tertiary/aromatic N) is 3. The first-order chi connectivity index (χ1) is 20.9. The van der Waals surface area contributed by atoms with Crippen LogP contribution in [0.15, 0.2) is 121 Å². The van der Waals surface area contributed by atoms with E-state index in [0.717, 1.165) is 12.8 Å². The van der Waals surface area contributed by atoms with Crippen molar-refractivity contribution < 1.29 is 0 Å². The molecule has 0 radical (unpaired) electrons. The molecule has 7 aromatic rings. The molecule has 0 spiro atoms. The van der Waals surface area contributed by atoms with Crippen molar-refractivity contribution in [2.45, 2.75) is 12.8 Å². The summed E-state index contributed by atoms with van der Waals surface area (Å²) in [5.74, 6) is 0. The van der Waals surface area contributed by atoms with Gasteiger partial charge in [0.15, 0.2) is 0 Å². The van der Waals surface area contributed by atoms with Crippen molar-refractivity contribution in [1.29, 1.82) is 0 Å². The minimum absolute atomic E-state index is 0.0892. The zero-order chi connectivity index (χ0) is 27.4. The summed E-state index contributed by atoms with van der Waals surface area (Å²) in [5, 5.41) is 5.38. The van der Waals surface area contributed by atoms with Crippen LogP contribution in [0.2, 0.25) is 0 Å². The largest absolute Gasteiger partial charge is 0.319 e. The predicted octanol–water partition coefficient (Wildman–Crippen LogP) is 5.54. The van der Waals surface area contributed by atoms with Gasteiger partial charge in [0.25, 0.3) is 6.71 Å². The van der Waals surface area contributed by atoms with Crippen LogP contribution in [0.3, 0.4) is 0 Å². The van der Waals surface area contributed by atoms with Crippen molar-refractivity contribution in [3.05, 3.63) is 132 Å². The average molecular weight is 535 g/mol. The first kappa shape index (κ1) is 22.5. The molecule has 2 aromatic heterocycles. The van der Waals surface area contributed by atoms with Crippen molar-refractivity contribution >= 4 is 74.3 Å². The van der Waals surface area contributed by atoms with E-state index in [4.69, 9.17) is 0 Å². The van der Waals surface area contributed by atoms with Gasteiger partial charge < -0.3 is 14.0 Å². The molecule has 0 N–H and O–H groups in total. The molecular formula is C38H26BN3. The lowest BCUT2D eigenvalue weighted by Gasteiger charge is -2.39. The Kier molecular flexibility index (Phi) is 4.37. The van der Waals surface area contributed by atoms with Crippen LogP contribution < -0.4 is 32.0 Å². The van der Waals surface area contributed by atoms with E-state index in [0.29, 0.717) is 0 Å².